The molecular formula is C12H22N3O2. The second-order valence-electron chi connectivity index (χ2n) is 4.60. The van der Waals surface area contributed by atoms with Gasteiger partial charge >= 0.3 is 0 Å². The summed E-state index contributed by atoms with van der Waals surface area (Å²) in [6.07, 6.45) is 3.73. The zero-order valence-corrected chi connectivity index (χ0v) is 10.7. The highest BCUT2D eigenvalue weighted by molar-refractivity contribution is 5.84. The molecule has 1 aliphatic heterocycles. The number of likely N-dealkylation sites (N-methyl/N-ethyl adjacent to an activating group) is 2. The molecule has 0 aromatic carbocycles. The number of rotatable bonds is 5. The summed E-state index contributed by atoms with van der Waals surface area (Å²) in [5, 5.41) is 6.86. The maximum Gasteiger partial charge on any atom is 0.239 e. The Morgan fingerprint density at radius 3 is 2.82 bits per heavy atom. The van der Waals surface area contributed by atoms with Crippen LogP contribution in [0, 0.1) is 5.92 Å². The highest BCUT2D eigenvalue weighted by atomic mass is 16.2. The Kier molecular flexibility index (Phi) is 5.97. The predicted octanol–water partition coefficient (Wildman–Crippen LogP) is -0.0146. The van der Waals surface area contributed by atoms with Crippen molar-refractivity contribution in [2.45, 2.75) is 25.7 Å². The summed E-state index contributed by atoms with van der Waals surface area (Å²) in [5.41, 5.74) is 0. The third-order valence-corrected chi connectivity index (χ3v) is 3.17. The molecule has 1 atom stereocenters. The van der Waals surface area contributed by atoms with E-state index in [-0.39, 0.29) is 18.4 Å². The quantitative estimate of drug-likeness (QED) is 0.734. The lowest BCUT2D eigenvalue weighted by molar-refractivity contribution is -0.134. The van der Waals surface area contributed by atoms with Gasteiger partial charge in [-0.25, -0.2) is 5.32 Å². The number of carbonyl (C=O) groups is 2. The Bertz CT molecular complexity index is 262. The highest BCUT2D eigenvalue weighted by Crippen LogP contribution is 2.16. The van der Waals surface area contributed by atoms with Crippen LogP contribution in [0.4, 0.5) is 0 Å². The smallest absolute Gasteiger partial charge is 0.239 e. The highest BCUT2D eigenvalue weighted by Gasteiger charge is 2.17. The summed E-state index contributed by atoms with van der Waals surface area (Å²) in [6, 6.07) is 0. The van der Waals surface area contributed by atoms with Crippen LogP contribution in [0.15, 0.2) is 0 Å². The van der Waals surface area contributed by atoms with Gasteiger partial charge in [0.15, 0.2) is 0 Å². The van der Waals surface area contributed by atoms with E-state index in [0.717, 1.165) is 25.9 Å². The van der Waals surface area contributed by atoms with Gasteiger partial charge in [0.1, 0.15) is 0 Å². The summed E-state index contributed by atoms with van der Waals surface area (Å²) < 4.78 is 0. The second-order valence-corrected chi connectivity index (χ2v) is 4.60. The van der Waals surface area contributed by atoms with Gasteiger partial charge in [-0.05, 0) is 25.2 Å². The molecule has 1 rings (SSSR count). The Hall–Kier alpha value is -1.10. The van der Waals surface area contributed by atoms with Gasteiger partial charge in [-0.2, -0.15) is 0 Å². The molecule has 17 heavy (non-hydrogen) atoms. The van der Waals surface area contributed by atoms with Gasteiger partial charge in [0.05, 0.1) is 6.54 Å². The van der Waals surface area contributed by atoms with Gasteiger partial charge in [-0.15, -0.1) is 0 Å². The molecular weight excluding hydrogens is 218 g/mol. The molecule has 1 aliphatic rings. The van der Waals surface area contributed by atoms with E-state index in [9.17, 15) is 9.59 Å². The molecule has 0 aliphatic carbocycles. The van der Waals surface area contributed by atoms with E-state index in [1.165, 1.54) is 11.3 Å². The van der Waals surface area contributed by atoms with Crippen molar-refractivity contribution < 1.29 is 9.59 Å². The van der Waals surface area contributed by atoms with Crippen LogP contribution >= 0.6 is 0 Å². The van der Waals surface area contributed by atoms with E-state index in [1.54, 1.807) is 14.1 Å². The predicted molar refractivity (Wildman–Crippen MR) is 65.5 cm³/mol. The molecule has 0 aromatic heterocycles. The third kappa shape index (κ3) is 5.17. The van der Waals surface area contributed by atoms with Crippen molar-refractivity contribution in [3.63, 3.8) is 0 Å². The average Bonchev–Trinajstić information content (AvgIpc) is 2.36. The molecule has 0 saturated carbocycles. The maximum absolute atomic E-state index is 11.8. The minimum Gasteiger partial charge on any atom is -0.358 e. The van der Waals surface area contributed by atoms with E-state index >= 15 is 0 Å². The van der Waals surface area contributed by atoms with Crippen molar-refractivity contribution in [2.24, 2.45) is 5.92 Å². The first-order valence-electron chi connectivity index (χ1n) is 6.21. The van der Waals surface area contributed by atoms with Crippen molar-refractivity contribution in [3.05, 3.63) is 0 Å². The molecule has 1 N–H and O–H groups in total. The van der Waals surface area contributed by atoms with E-state index in [1.807, 2.05) is 0 Å². The Morgan fingerprint density at radius 1 is 1.47 bits per heavy atom. The lowest BCUT2D eigenvalue weighted by Crippen LogP contribution is -2.37. The molecule has 97 valence electrons. The van der Waals surface area contributed by atoms with Gasteiger partial charge in [0.25, 0.3) is 0 Å². The number of amides is 2. The lowest BCUT2D eigenvalue weighted by atomic mass is 9.94. The molecule has 0 aromatic rings. The van der Waals surface area contributed by atoms with E-state index in [0.29, 0.717) is 12.3 Å². The molecule has 0 bridgehead atoms. The van der Waals surface area contributed by atoms with Gasteiger partial charge in [-0.1, -0.05) is 0 Å². The Labute approximate surface area is 103 Å². The fraction of sp³-hybridized carbons (Fsp3) is 0.833. The number of piperidine rings is 1. The van der Waals surface area contributed by atoms with Gasteiger partial charge in [-0.3, -0.25) is 9.59 Å². The van der Waals surface area contributed by atoms with Crippen LogP contribution in [0.1, 0.15) is 25.7 Å². The molecule has 0 spiro atoms. The van der Waals surface area contributed by atoms with Crippen LogP contribution in [0.25, 0.3) is 0 Å². The van der Waals surface area contributed by atoms with Crippen LogP contribution in [0.5, 0.6) is 0 Å². The summed E-state index contributed by atoms with van der Waals surface area (Å²) in [5.74, 6) is 0.466. The monoisotopic (exact) mass is 240 g/mol. The van der Waals surface area contributed by atoms with E-state index < -0.39 is 0 Å². The summed E-state index contributed by atoms with van der Waals surface area (Å²) in [7, 11) is 3.24. The minimum absolute atomic E-state index is 0.0409. The normalized spacial score (nSPS) is 19.8. The molecule has 1 fully saturated rings. The van der Waals surface area contributed by atoms with E-state index in [4.69, 9.17) is 0 Å². The number of nitrogens with one attached hydrogen (secondary N) is 1. The molecule has 1 unspecified atom stereocenters. The second kappa shape index (κ2) is 7.27. The van der Waals surface area contributed by atoms with Crippen LogP contribution in [-0.2, 0) is 9.59 Å². The fourth-order valence-corrected chi connectivity index (χ4v) is 1.99. The van der Waals surface area contributed by atoms with Gasteiger partial charge in [0, 0.05) is 33.6 Å². The fourth-order valence-electron chi connectivity index (χ4n) is 1.99. The molecule has 5 nitrogen and oxygen atoms in total. The van der Waals surface area contributed by atoms with E-state index in [2.05, 4.69) is 10.6 Å². The largest absolute Gasteiger partial charge is 0.358 e. The van der Waals surface area contributed by atoms with Crippen molar-refractivity contribution >= 4 is 11.8 Å². The summed E-state index contributed by atoms with van der Waals surface area (Å²) >= 11 is 0. The number of carbonyl (C=O) groups excluding carboxylic acids is 2. The summed E-state index contributed by atoms with van der Waals surface area (Å²) in [6.45, 7) is 2.01. The Balaban J connectivity index is 2.21. The molecule has 1 saturated heterocycles. The molecule has 1 heterocycles. The lowest BCUT2D eigenvalue weighted by Gasteiger charge is -2.22. The number of hydrogen-bond acceptors (Lipinski definition) is 2. The van der Waals surface area contributed by atoms with Crippen molar-refractivity contribution in [3.8, 4) is 0 Å². The maximum atomic E-state index is 11.8. The average molecular weight is 240 g/mol. The zero-order valence-electron chi connectivity index (χ0n) is 10.7. The SMILES string of the molecule is CNC(=O)CN(C)C(=O)CCC1CCC[N]C1. The van der Waals surface area contributed by atoms with Crippen molar-refractivity contribution in [2.75, 3.05) is 33.7 Å². The molecule has 1 radical (unpaired) electrons. The molecule has 5 heteroatoms. The van der Waals surface area contributed by atoms with Crippen LogP contribution in [0.3, 0.4) is 0 Å². The first kappa shape index (κ1) is 14.0. The van der Waals surface area contributed by atoms with Crippen LogP contribution in [-0.4, -0.2) is 50.4 Å². The van der Waals surface area contributed by atoms with Gasteiger partial charge < -0.3 is 10.2 Å². The zero-order chi connectivity index (χ0) is 12.7. The first-order valence-corrected chi connectivity index (χ1v) is 6.21. The standard InChI is InChI=1S/C12H22N3O2/c1-13-11(16)9-15(2)12(17)6-5-10-4-3-7-14-8-10/h10H,3-9H2,1-2H3,(H,13,16). The number of nitrogens with zero attached hydrogens (tertiary/aromatic N) is 2. The van der Waals surface area contributed by atoms with Crippen LogP contribution < -0.4 is 10.6 Å². The topological polar surface area (TPSA) is 63.5 Å². The number of hydrogen-bond donors (Lipinski definition) is 1. The molecule has 2 amide bonds. The first-order chi connectivity index (χ1) is 8.13. The van der Waals surface area contributed by atoms with Crippen molar-refractivity contribution in [1.29, 1.82) is 0 Å². The van der Waals surface area contributed by atoms with Crippen LogP contribution in [0.2, 0.25) is 0 Å². The third-order valence-electron chi connectivity index (χ3n) is 3.17. The Morgan fingerprint density at radius 2 is 2.24 bits per heavy atom. The van der Waals surface area contributed by atoms with Crippen molar-refractivity contribution in [1.82, 2.24) is 15.5 Å². The summed E-state index contributed by atoms with van der Waals surface area (Å²) in [4.78, 5) is 24.3. The van der Waals surface area contributed by atoms with Gasteiger partial charge in [0.2, 0.25) is 11.8 Å². The minimum atomic E-state index is -0.131.